The van der Waals surface area contributed by atoms with Crippen molar-refractivity contribution in [1.29, 1.82) is 0 Å². The monoisotopic (exact) mass is 271 g/mol. The molecule has 0 aliphatic carbocycles. The van der Waals surface area contributed by atoms with Gasteiger partial charge < -0.3 is 15.2 Å². The molecule has 2 N–H and O–H groups in total. The summed E-state index contributed by atoms with van der Waals surface area (Å²) in [7, 11) is 0. The highest BCUT2D eigenvalue weighted by Crippen LogP contribution is 2.25. The summed E-state index contributed by atoms with van der Waals surface area (Å²) in [6, 6.07) is 11.6. The molecule has 3 nitrogen and oxygen atoms in total. The average Bonchev–Trinajstić information content (AvgIpc) is 2.87. The quantitative estimate of drug-likeness (QED) is 0.818. The van der Waals surface area contributed by atoms with E-state index in [1.54, 1.807) is 0 Å². The normalized spacial score (nSPS) is 19.6. The number of rotatable bonds is 5. The Labute approximate surface area is 121 Å². The number of nitrogens with zero attached hydrogens (tertiary/aromatic N) is 1. The van der Waals surface area contributed by atoms with Crippen molar-refractivity contribution >= 4 is 10.9 Å². The fourth-order valence-corrected chi connectivity index (χ4v) is 3.15. The maximum Gasteiger partial charge on any atom is 0.0602 e. The zero-order chi connectivity index (χ0) is 13.8. The van der Waals surface area contributed by atoms with Crippen LogP contribution >= 0.6 is 0 Å². The van der Waals surface area contributed by atoms with Crippen molar-refractivity contribution < 1.29 is 0 Å². The van der Waals surface area contributed by atoms with Crippen molar-refractivity contribution in [2.45, 2.75) is 38.8 Å². The van der Waals surface area contributed by atoms with Crippen molar-refractivity contribution in [3.8, 4) is 0 Å². The lowest BCUT2D eigenvalue weighted by Crippen LogP contribution is -2.43. The number of fused-ring (bicyclic) bond motifs is 1. The van der Waals surface area contributed by atoms with Gasteiger partial charge in [0, 0.05) is 37.4 Å². The maximum absolute atomic E-state index is 3.64. The van der Waals surface area contributed by atoms with E-state index in [1.807, 2.05) is 0 Å². The Balaban J connectivity index is 1.93. The Bertz CT molecular complexity index is 552. The molecule has 1 fully saturated rings. The molecule has 0 bridgehead atoms. The predicted octanol–water partition coefficient (Wildman–Crippen LogP) is 3.07. The van der Waals surface area contributed by atoms with Gasteiger partial charge in [-0.1, -0.05) is 38.0 Å². The smallest absolute Gasteiger partial charge is 0.0602 e. The molecule has 108 valence electrons. The lowest BCUT2D eigenvalue weighted by atomic mass is 10.1. The molecule has 0 spiro atoms. The molecule has 20 heavy (non-hydrogen) atoms. The summed E-state index contributed by atoms with van der Waals surface area (Å²) in [5.41, 5.74) is 2.82. The summed E-state index contributed by atoms with van der Waals surface area (Å²) in [5.74, 6) is 0. The first-order valence-electron chi connectivity index (χ1n) is 7.92. The third kappa shape index (κ3) is 2.74. The lowest BCUT2D eigenvalue weighted by Gasteiger charge is -2.26. The van der Waals surface area contributed by atoms with E-state index in [1.165, 1.54) is 35.9 Å². The fourth-order valence-electron chi connectivity index (χ4n) is 3.15. The van der Waals surface area contributed by atoms with E-state index in [0.717, 1.165) is 26.2 Å². The van der Waals surface area contributed by atoms with Crippen molar-refractivity contribution in [2.75, 3.05) is 19.6 Å². The summed E-state index contributed by atoms with van der Waals surface area (Å²) < 4.78 is 2.52. The Morgan fingerprint density at radius 1 is 1.20 bits per heavy atom. The van der Waals surface area contributed by atoms with Gasteiger partial charge in [-0.15, -0.1) is 0 Å². The molecule has 2 heterocycles. The summed E-state index contributed by atoms with van der Waals surface area (Å²) in [6.45, 7) is 6.56. The number of aryl methyl sites for hydroxylation is 1. The minimum Gasteiger partial charge on any atom is -0.343 e. The van der Waals surface area contributed by atoms with Gasteiger partial charge in [-0.05, 0) is 23.9 Å². The first-order valence-corrected chi connectivity index (χ1v) is 7.92. The molecule has 0 radical (unpaired) electrons. The Morgan fingerprint density at radius 3 is 2.90 bits per heavy atom. The standard InChI is InChI=1S/C17H25N3/c1-2-3-6-11-20-16-8-5-4-7-14(16)12-17(20)15-13-18-9-10-19-15/h4-5,7-8,12,15,18-19H,2-3,6,9-11,13H2,1H3. The molecule has 0 amide bonds. The summed E-state index contributed by atoms with van der Waals surface area (Å²) in [5, 5.41) is 8.51. The zero-order valence-electron chi connectivity index (χ0n) is 12.4. The summed E-state index contributed by atoms with van der Waals surface area (Å²) in [4.78, 5) is 0. The van der Waals surface area contributed by atoms with Crippen LogP contribution in [0.3, 0.4) is 0 Å². The molecule has 1 aliphatic rings. The summed E-state index contributed by atoms with van der Waals surface area (Å²) in [6.07, 6.45) is 3.85. The largest absolute Gasteiger partial charge is 0.343 e. The van der Waals surface area contributed by atoms with E-state index < -0.39 is 0 Å². The third-order valence-electron chi connectivity index (χ3n) is 4.23. The molecule has 1 aromatic carbocycles. The SMILES string of the molecule is CCCCCn1c(C2CNCCN2)cc2ccccc21. The van der Waals surface area contributed by atoms with E-state index >= 15 is 0 Å². The van der Waals surface area contributed by atoms with Crippen LogP contribution < -0.4 is 10.6 Å². The molecule has 2 aromatic rings. The van der Waals surface area contributed by atoms with Gasteiger partial charge in [0.25, 0.3) is 0 Å². The molecule has 1 aromatic heterocycles. The number of hydrogen-bond acceptors (Lipinski definition) is 2. The van der Waals surface area contributed by atoms with Crippen LogP contribution in [-0.4, -0.2) is 24.2 Å². The first kappa shape index (κ1) is 13.7. The highest BCUT2D eigenvalue weighted by atomic mass is 15.1. The second kappa shape index (κ2) is 6.42. The van der Waals surface area contributed by atoms with Crippen LogP contribution in [-0.2, 0) is 6.54 Å². The van der Waals surface area contributed by atoms with Crippen molar-refractivity contribution in [1.82, 2.24) is 15.2 Å². The van der Waals surface area contributed by atoms with Gasteiger partial charge in [-0.3, -0.25) is 0 Å². The Morgan fingerprint density at radius 2 is 2.10 bits per heavy atom. The number of nitrogens with one attached hydrogen (secondary N) is 2. The molecule has 0 saturated carbocycles. The first-order chi connectivity index (χ1) is 9.90. The molecule has 3 heteroatoms. The highest BCUT2D eigenvalue weighted by Gasteiger charge is 2.19. The van der Waals surface area contributed by atoms with Gasteiger partial charge in [-0.25, -0.2) is 0 Å². The summed E-state index contributed by atoms with van der Waals surface area (Å²) >= 11 is 0. The molecular formula is C17H25N3. The topological polar surface area (TPSA) is 29.0 Å². The number of benzene rings is 1. The van der Waals surface area contributed by atoms with Crippen LogP contribution in [0.25, 0.3) is 10.9 Å². The predicted molar refractivity (Wildman–Crippen MR) is 85.1 cm³/mol. The third-order valence-corrected chi connectivity index (χ3v) is 4.23. The number of para-hydroxylation sites is 1. The van der Waals surface area contributed by atoms with Crippen LogP contribution in [0.4, 0.5) is 0 Å². The average molecular weight is 271 g/mol. The van der Waals surface area contributed by atoms with Gasteiger partial charge >= 0.3 is 0 Å². The molecule has 1 unspecified atom stereocenters. The molecular weight excluding hydrogens is 246 g/mol. The van der Waals surface area contributed by atoms with Crippen LogP contribution in [0.1, 0.15) is 37.9 Å². The Hall–Kier alpha value is -1.32. The zero-order valence-corrected chi connectivity index (χ0v) is 12.4. The van der Waals surface area contributed by atoms with Crippen molar-refractivity contribution in [2.24, 2.45) is 0 Å². The molecule has 1 atom stereocenters. The van der Waals surface area contributed by atoms with Gasteiger partial charge in [0.2, 0.25) is 0 Å². The Kier molecular flexibility index (Phi) is 4.38. The number of aromatic nitrogens is 1. The highest BCUT2D eigenvalue weighted by molar-refractivity contribution is 5.81. The molecule has 3 rings (SSSR count). The van der Waals surface area contributed by atoms with Crippen molar-refractivity contribution in [3.63, 3.8) is 0 Å². The van der Waals surface area contributed by atoms with Gasteiger partial charge in [-0.2, -0.15) is 0 Å². The second-order valence-corrected chi connectivity index (χ2v) is 5.70. The van der Waals surface area contributed by atoms with Crippen LogP contribution in [0, 0.1) is 0 Å². The minimum atomic E-state index is 0.442. The van der Waals surface area contributed by atoms with Gasteiger partial charge in [0.05, 0.1) is 6.04 Å². The molecule has 1 saturated heterocycles. The minimum absolute atomic E-state index is 0.442. The van der Waals surface area contributed by atoms with Crippen LogP contribution in [0.2, 0.25) is 0 Å². The second-order valence-electron chi connectivity index (χ2n) is 5.70. The van der Waals surface area contributed by atoms with Crippen LogP contribution in [0.15, 0.2) is 30.3 Å². The number of piperazine rings is 1. The van der Waals surface area contributed by atoms with Gasteiger partial charge in [0.1, 0.15) is 0 Å². The number of hydrogen-bond donors (Lipinski definition) is 2. The number of unbranched alkanes of at least 4 members (excludes halogenated alkanes) is 2. The van der Waals surface area contributed by atoms with E-state index in [9.17, 15) is 0 Å². The van der Waals surface area contributed by atoms with E-state index in [0.29, 0.717) is 6.04 Å². The van der Waals surface area contributed by atoms with Crippen molar-refractivity contribution in [3.05, 3.63) is 36.0 Å². The van der Waals surface area contributed by atoms with Gasteiger partial charge in [0.15, 0.2) is 0 Å². The molecule has 1 aliphatic heterocycles. The fraction of sp³-hybridized carbons (Fsp3) is 0.529. The lowest BCUT2D eigenvalue weighted by molar-refractivity contribution is 0.409. The van der Waals surface area contributed by atoms with Crippen LogP contribution in [0.5, 0.6) is 0 Å². The van der Waals surface area contributed by atoms with E-state index in [2.05, 4.69) is 52.5 Å². The van der Waals surface area contributed by atoms with E-state index in [4.69, 9.17) is 0 Å². The van der Waals surface area contributed by atoms with E-state index in [-0.39, 0.29) is 0 Å². The maximum atomic E-state index is 3.64.